The van der Waals surface area contributed by atoms with Crippen LogP contribution >= 0.6 is 0 Å². The molecule has 7 unspecified atom stereocenters. The minimum Gasteiger partial charge on any atom is -0.394 e. The van der Waals surface area contributed by atoms with E-state index in [2.05, 4.69) is 153 Å². The minimum atomic E-state index is -1.58. The Labute approximate surface area is 425 Å². The van der Waals surface area contributed by atoms with Gasteiger partial charge in [-0.05, 0) is 109 Å². The minimum absolute atomic E-state index is 0.212. The molecule has 0 aromatic carbocycles. The van der Waals surface area contributed by atoms with Crippen LogP contribution in [0.1, 0.15) is 174 Å². The van der Waals surface area contributed by atoms with Gasteiger partial charge in [0.2, 0.25) is 5.91 Å². The van der Waals surface area contributed by atoms with Crippen LogP contribution in [0.5, 0.6) is 0 Å². The van der Waals surface area contributed by atoms with Gasteiger partial charge in [0.15, 0.2) is 6.29 Å². The number of unbranched alkanes of at least 4 members (excludes halogenated alkanes) is 11. The molecule has 0 aromatic rings. The van der Waals surface area contributed by atoms with E-state index in [9.17, 15) is 30.3 Å². The summed E-state index contributed by atoms with van der Waals surface area (Å²) in [5.74, 6) is -0.212. The molecule has 7 atom stereocenters. The lowest BCUT2D eigenvalue weighted by Crippen LogP contribution is -2.60. The van der Waals surface area contributed by atoms with Gasteiger partial charge in [0, 0.05) is 6.42 Å². The first-order valence-corrected chi connectivity index (χ1v) is 27.1. The zero-order valence-corrected chi connectivity index (χ0v) is 43.5. The fraction of sp³-hybridized carbons (Fsp3) is 0.590. The Morgan fingerprint density at radius 3 is 1.37 bits per heavy atom. The van der Waals surface area contributed by atoms with Gasteiger partial charge in [-0.1, -0.05) is 205 Å². The lowest BCUT2D eigenvalue weighted by molar-refractivity contribution is -0.302. The van der Waals surface area contributed by atoms with Gasteiger partial charge in [-0.3, -0.25) is 4.79 Å². The molecule has 1 fully saturated rings. The van der Waals surface area contributed by atoms with Crippen molar-refractivity contribution in [2.24, 2.45) is 0 Å². The maximum atomic E-state index is 13.0. The van der Waals surface area contributed by atoms with Crippen LogP contribution < -0.4 is 5.32 Å². The number of ether oxygens (including phenoxy) is 2. The van der Waals surface area contributed by atoms with Crippen molar-refractivity contribution in [2.45, 2.75) is 217 Å². The van der Waals surface area contributed by atoms with Crippen molar-refractivity contribution in [3.8, 4) is 0 Å². The number of allylic oxidation sites excluding steroid dienone is 23. The van der Waals surface area contributed by atoms with E-state index in [1.54, 1.807) is 6.08 Å². The van der Waals surface area contributed by atoms with E-state index in [1.807, 2.05) is 6.08 Å². The van der Waals surface area contributed by atoms with Crippen LogP contribution in [0.3, 0.4) is 0 Å². The van der Waals surface area contributed by atoms with E-state index >= 15 is 0 Å². The zero-order chi connectivity index (χ0) is 50.8. The first-order chi connectivity index (χ1) is 34.3. The average molecular weight is 972 g/mol. The Hall–Kier alpha value is -3.93. The van der Waals surface area contributed by atoms with Gasteiger partial charge in [-0.15, -0.1) is 0 Å². The van der Waals surface area contributed by atoms with Crippen molar-refractivity contribution in [1.82, 2.24) is 5.32 Å². The van der Waals surface area contributed by atoms with Crippen molar-refractivity contribution in [2.75, 3.05) is 13.2 Å². The topological polar surface area (TPSA) is 149 Å². The molecule has 0 aliphatic carbocycles. The predicted octanol–water partition coefficient (Wildman–Crippen LogP) is 13.1. The molecule has 1 rings (SSSR count). The largest absolute Gasteiger partial charge is 0.394 e. The summed E-state index contributed by atoms with van der Waals surface area (Å²) < 4.78 is 11.2. The van der Waals surface area contributed by atoms with Crippen LogP contribution in [0.15, 0.2) is 146 Å². The Morgan fingerprint density at radius 1 is 0.500 bits per heavy atom. The molecule has 1 saturated heterocycles. The summed E-state index contributed by atoms with van der Waals surface area (Å²) in [5, 5.41) is 54.2. The fourth-order valence-corrected chi connectivity index (χ4v) is 7.34. The van der Waals surface area contributed by atoms with Crippen LogP contribution in [0.25, 0.3) is 0 Å². The van der Waals surface area contributed by atoms with Crippen LogP contribution in [-0.2, 0) is 14.3 Å². The highest BCUT2D eigenvalue weighted by molar-refractivity contribution is 5.76. The maximum Gasteiger partial charge on any atom is 0.220 e. The molecule has 1 heterocycles. The van der Waals surface area contributed by atoms with E-state index in [-0.39, 0.29) is 12.5 Å². The molecule has 9 nitrogen and oxygen atoms in total. The lowest BCUT2D eigenvalue weighted by Gasteiger charge is -2.40. The summed E-state index contributed by atoms with van der Waals surface area (Å²) in [6, 6.07) is -0.844. The van der Waals surface area contributed by atoms with Gasteiger partial charge in [0.05, 0.1) is 25.4 Å². The molecular formula is C61H97NO8. The highest BCUT2D eigenvalue weighted by Gasteiger charge is 2.44. The predicted molar refractivity (Wildman–Crippen MR) is 294 cm³/mol. The van der Waals surface area contributed by atoms with Gasteiger partial charge in [0.1, 0.15) is 24.4 Å². The fourth-order valence-electron chi connectivity index (χ4n) is 7.34. The Balaban J connectivity index is 2.22. The van der Waals surface area contributed by atoms with Crippen molar-refractivity contribution < 1.29 is 39.8 Å². The van der Waals surface area contributed by atoms with Crippen molar-refractivity contribution in [3.63, 3.8) is 0 Å². The number of carbonyl (C=O) groups excluding carboxylic acids is 1. The highest BCUT2D eigenvalue weighted by atomic mass is 16.7. The number of nitrogens with one attached hydrogen (secondary N) is 1. The van der Waals surface area contributed by atoms with E-state index in [4.69, 9.17) is 9.47 Å². The number of amides is 1. The molecule has 0 spiro atoms. The molecule has 0 radical (unpaired) electrons. The van der Waals surface area contributed by atoms with Crippen LogP contribution in [0, 0.1) is 0 Å². The number of hydrogen-bond acceptors (Lipinski definition) is 8. The molecule has 1 aliphatic heterocycles. The molecule has 394 valence electrons. The number of hydrogen-bond donors (Lipinski definition) is 6. The summed E-state index contributed by atoms with van der Waals surface area (Å²) >= 11 is 0. The first-order valence-electron chi connectivity index (χ1n) is 27.1. The monoisotopic (exact) mass is 972 g/mol. The molecule has 0 bridgehead atoms. The number of rotatable bonds is 43. The summed E-state index contributed by atoms with van der Waals surface area (Å²) in [7, 11) is 0. The molecule has 0 saturated carbocycles. The average Bonchev–Trinajstić information content (AvgIpc) is 3.36. The molecule has 1 amide bonds. The molecule has 1 aliphatic rings. The molecular weight excluding hydrogens is 875 g/mol. The quantitative estimate of drug-likeness (QED) is 0.0261. The molecule has 9 heteroatoms. The van der Waals surface area contributed by atoms with E-state index in [0.29, 0.717) is 12.8 Å². The van der Waals surface area contributed by atoms with E-state index in [1.165, 1.54) is 32.1 Å². The van der Waals surface area contributed by atoms with Gasteiger partial charge in [-0.2, -0.15) is 0 Å². The van der Waals surface area contributed by atoms with Gasteiger partial charge in [-0.25, -0.2) is 0 Å². The van der Waals surface area contributed by atoms with Crippen LogP contribution in [0.4, 0.5) is 0 Å². The van der Waals surface area contributed by atoms with Crippen molar-refractivity contribution in [1.29, 1.82) is 0 Å². The standard InChI is InChI=1S/C61H97NO8/c1-3-5-7-9-11-13-15-17-18-19-20-21-22-23-24-25-26-27-28-29-30-31-32-33-34-35-36-37-38-39-41-43-45-47-49-51-57(65)62-54(53-69-61-60(68)59(67)58(66)56(52-63)70-61)55(64)50-48-46-44-42-40-16-14-12-10-8-6-4-2/h5,7,10-13,17-18,20-21,23-24,26-27,29-30,32-33,35-36,40,42,48,50,54-56,58-61,63-64,66-68H,3-4,6,8-9,14-16,19,22,25,28,31,34,37-39,41,43-47,49,51-53H2,1-2H3,(H,62,65)/b7-5-,12-10+,13-11-,18-17-,21-20-,24-23-,27-26-,30-29-,33-32-,36-35-,42-40+,50-48+. The van der Waals surface area contributed by atoms with Crippen molar-refractivity contribution in [3.05, 3.63) is 146 Å². The molecule has 0 aromatic heterocycles. The second-order valence-electron chi connectivity index (χ2n) is 17.9. The maximum absolute atomic E-state index is 13.0. The van der Waals surface area contributed by atoms with Gasteiger partial charge >= 0.3 is 0 Å². The zero-order valence-electron chi connectivity index (χ0n) is 43.5. The summed E-state index contributed by atoms with van der Waals surface area (Å²) in [6.07, 6.45) is 69.1. The third-order valence-corrected chi connectivity index (χ3v) is 11.6. The molecule has 70 heavy (non-hydrogen) atoms. The number of aliphatic hydroxyl groups excluding tert-OH is 5. The Bertz CT molecular complexity index is 1600. The van der Waals surface area contributed by atoms with Crippen LogP contribution in [-0.4, -0.2) is 87.5 Å². The highest BCUT2D eigenvalue weighted by Crippen LogP contribution is 2.22. The first kappa shape index (κ1) is 64.1. The van der Waals surface area contributed by atoms with E-state index in [0.717, 1.165) is 116 Å². The van der Waals surface area contributed by atoms with Gasteiger partial charge in [0.25, 0.3) is 0 Å². The summed E-state index contributed by atoms with van der Waals surface area (Å²) in [4.78, 5) is 13.0. The third kappa shape index (κ3) is 37.8. The summed E-state index contributed by atoms with van der Waals surface area (Å²) in [5.41, 5.74) is 0. The third-order valence-electron chi connectivity index (χ3n) is 11.6. The Kier molecular flexibility index (Phi) is 44.6. The smallest absolute Gasteiger partial charge is 0.220 e. The molecule has 6 N–H and O–H groups in total. The SMILES string of the molecule is CC/C=C\C/C=C\C/C=C\C/C=C\C/C=C\C/C=C\C/C=C\C/C=C\C/C=C\CCCCCCCCCC(=O)NC(COC1OC(CO)C(O)C(O)C1O)C(O)/C=C/CC/C=C/CC/C=C/CCCC. The summed E-state index contributed by atoms with van der Waals surface area (Å²) in [6.45, 7) is 3.55. The lowest BCUT2D eigenvalue weighted by atomic mass is 9.99. The number of carbonyl (C=O) groups is 1. The normalized spacial score (nSPS) is 20.6. The van der Waals surface area contributed by atoms with E-state index < -0.39 is 49.5 Å². The number of aliphatic hydroxyl groups is 5. The second kappa shape index (κ2) is 48.7. The van der Waals surface area contributed by atoms with Crippen LogP contribution in [0.2, 0.25) is 0 Å². The second-order valence-corrected chi connectivity index (χ2v) is 17.9. The van der Waals surface area contributed by atoms with Gasteiger partial charge < -0.3 is 40.3 Å². The Morgan fingerprint density at radius 2 is 0.900 bits per heavy atom. The van der Waals surface area contributed by atoms with Crippen molar-refractivity contribution >= 4 is 5.91 Å².